The third kappa shape index (κ3) is 3.03. The molecule has 0 unspecified atom stereocenters. The molecule has 0 aliphatic heterocycles. The molecule has 0 atom stereocenters. The Morgan fingerprint density at radius 2 is 1.52 bits per heavy atom. The highest BCUT2D eigenvalue weighted by Crippen LogP contribution is 2.44. The SMILES string of the molecule is NCCCC(=O)C(=O)OCC1c2ccccc2-c2ccccc21. The van der Waals surface area contributed by atoms with Crippen LogP contribution in [0.25, 0.3) is 11.1 Å². The van der Waals surface area contributed by atoms with Crippen LogP contribution in [0.4, 0.5) is 0 Å². The number of ether oxygens (including phenoxy) is 1. The number of hydrogen-bond donors (Lipinski definition) is 1. The summed E-state index contributed by atoms with van der Waals surface area (Å²) in [6.45, 7) is 0.573. The first-order valence-corrected chi connectivity index (χ1v) is 7.80. The Balaban J connectivity index is 1.76. The predicted octanol–water partition coefficient (Wildman–Crippen LogP) is 2.65. The van der Waals surface area contributed by atoms with E-state index in [9.17, 15) is 9.59 Å². The van der Waals surface area contributed by atoms with Crippen molar-refractivity contribution in [3.63, 3.8) is 0 Å². The van der Waals surface area contributed by atoms with E-state index in [0.29, 0.717) is 13.0 Å². The quantitative estimate of drug-likeness (QED) is 0.658. The van der Waals surface area contributed by atoms with E-state index in [1.165, 1.54) is 11.1 Å². The summed E-state index contributed by atoms with van der Waals surface area (Å²) in [6.07, 6.45) is 0.649. The molecule has 1 aliphatic rings. The van der Waals surface area contributed by atoms with Crippen molar-refractivity contribution < 1.29 is 14.3 Å². The molecule has 3 rings (SSSR count). The number of ketones is 1. The second-order valence-electron chi connectivity index (χ2n) is 5.64. The summed E-state index contributed by atoms with van der Waals surface area (Å²) < 4.78 is 5.27. The molecule has 0 saturated carbocycles. The number of fused-ring (bicyclic) bond motifs is 3. The van der Waals surface area contributed by atoms with Crippen LogP contribution < -0.4 is 5.73 Å². The number of rotatable bonds is 6. The maximum atomic E-state index is 11.8. The Kier molecular flexibility index (Phi) is 4.53. The second kappa shape index (κ2) is 6.75. The van der Waals surface area contributed by atoms with Crippen molar-refractivity contribution in [1.29, 1.82) is 0 Å². The number of nitrogens with two attached hydrogens (primary N) is 1. The molecule has 0 radical (unpaired) electrons. The van der Waals surface area contributed by atoms with Crippen molar-refractivity contribution in [3.05, 3.63) is 59.7 Å². The van der Waals surface area contributed by atoms with Gasteiger partial charge in [-0.3, -0.25) is 4.79 Å². The lowest BCUT2D eigenvalue weighted by atomic mass is 9.98. The molecule has 2 aromatic carbocycles. The van der Waals surface area contributed by atoms with Crippen LogP contribution in [0.5, 0.6) is 0 Å². The fourth-order valence-corrected chi connectivity index (χ4v) is 3.04. The number of esters is 1. The van der Waals surface area contributed by atoms with Gasteiger partial charge in [-0.25, -0.2) is 4.79 Å². The van der Waals surface area contributed by atoms with E-state index in [1.54, 1.807) is 0 Å². The van der Waals surface area contributed by atoms with Gasteiger partial charge in [0.1, 0.15) is 6.61 Å². The summed E-state index contributed by atoms with van der Waals surface area (Å²) in [5, 5.41) is 0. The first kappa shape index (κ1) is 15.4. The molecular weight excluding hydrogens is 290 g/mol. The predicted molar refractivity (Wildman–Crippen MR) is 88.0 cm³/mol. The lowest BCUT2D eigenvalue weighted by Crippen LogP contribution is -2.21. The monoisotopic (exact) mass is 309 g/mol. The van der Waals surface area contributed by atoms with Gasteiger partial charge in [0.15, 0.2) is 0 Å². The standard InChI is InChI=1S/C19H19NO3/c20-11-5-10-18(21)19(22)23-12-17-15-8-3-1-6-13(15)14-7-2-4-9-16(14)17/h1-4,6-9,17H,5,10-12,20H2. The zero-order valence-electron chi connectivity index (χ0n) is 12.8. The lowest BCUT2D eigenvalue weighted by Gasteiger charge is -2.13. The lowest BCUT2D eigenvalue weighted by molar-refractivity contribution is -0.154. The number of benzene rings is 2. The van der Waals surface area contributed by atoms with E-state index in [4.69, 9.17) is 10.5 Å². The topological polar surface area (TPSA) is 69.4 Å². The van der Waals surface area contributed by atoms with Gasteiger partial charge in [-0.05, 0) is 35.2 Å². The molecule has 1 aliphatic carbocycles. The maximum Gasteiger partial charge on any atom is 0.374 e. The Hall–Kier alpha value is -2.46. The zero-order valence-corrected chi connectivity index (χ0v) is 12.8. The van der Waals surface area contributed by atoms with Crippen LogP contribution in [0.15, 0.2) is 48.5 Å². The van der Waals surface area contributed by atoms with E-state index >= 15 is 0 Å². The minimum Gasteiger partial charge on any atom is -0.459 e. The van der Waals surface area contributed by atoms with Crippen LogP contribution in [0.2, 0.25) is 0 Å². The molecule has 0 saturated heterocycles. The van der Waals surface area contributed by atoms with Gasteiger partial charge in [0, 0.05) is 12.3 Å². The average molecular weight is 309 g/mol. The van der Waals surface area contributed by atoms with Crippen molar-refractivity contribution >= 4 is 11.8 Å². The van der Waals surface area contributed by atoms with Gasteiger partial charge in [0.05, 0.1) is 0 Å². The summed E-state index contributed by atoms with van der Waals surface area (Å²) >= 11 is 0. The summed E-state index contributed by atoms with van der Waals surface area (Å²) in [6, 6.07) is 16.2. The zero-order chi connectivity index (χ0) is 16.2. The fraction of sp³-hybridized carbons (Fsp3) is 0.263. The number of Topliss-reactive ketones (excluding diaryl/α,β-unsaturated/α-hetero) is 1. The molecule has 0 fully saturated rings. The number of hydrogen-bond acceptors (Lipinski definition) is 4. The highest BCUT2D eigenvalue weighted by molar-refractivity contribution is 6.33. The summed E-state index contributed by atoms with van der Waals surface area (Å²) in [7, 11) is 0. The highest BCUT2D eigenvalue weighted by atomic mass is 16.5. The molecule has 4 heteroatoms. The smallest absolute Gasteiger partial charge is 0.374 e. The molecule has 0 heterocycles. The molecular formula is C19H19NO3. The van der Waals surface area contributed by atoms with E-state index in [2.05, 4.69) is 12.1 Å². The third-order valence-electron chi connectivity index (χ3n) is 4.18. The van der Waals surface area contributed by atoms with Crippen molar-refractivity contribution in [2.45, 2.75) is 18.8 Å². The molecule has 2 N–H and O–H groups in total. The van der Waals surface area contributed by atoms with E-state index < -0.39 is 11.8 Å². The Labute approximate surface area is 135 Å². The molecule has 118 valence electrons. The van der Waals surface area contributed by atoms with Crippen LogP contribution in [0, 0.1) is 0 Å². The molecule has 0 aromatic heterocycles. The van der Waals surface area contributed by atoms with Gasteiger partial charge in [0.25, 0.3) is 0 Å². The van der Waals surface area contributed by atoms with Gasteiger partial charge >= 0.3 is 5.97 Å². The Morgan fingerprint density at radius 3 is 2.09 bits per heavy atom. The van der Waals surface area contributed by atoms with Crippen LogP contribution >= 0.6 is 0 Å². The largest absolute Gasteiger partial charge is 0.459 e. The van der Waals surface area contributed by atoms with Crippen LogP contribution in [0.1, 0.15) is 29.9 Å². The molecule has 0 amide bonds. The van der Waals surface area contributed by atoms with Crippen LogP contribution in [-0.2, 0) is 14.3 Å². The van der Waals surface area contributed by atoms with Gasteiger partial charge in [0.2, 0.25) is 5.78 Å². The van der Waals surface area contributed by atoms with Crippen LogP contribution in [-0.4, -0.2) is 24.9 Å². The highest BCUT2D eigenvalue weighted by Gasteiger charge is 2.29. The maximum absolute atomic E-state index is 11.8. The molecule has 0 bridgehead atoms. The van der Waals surface area contributed by atoms with Gasteiger partial charge in [-0.1, -0.05) is 48.5 Å². The van der Waals surface area contributed by atoms with E-state index in [-0.39, 0.29) is 18.9 Å². The Bertz CT molecular complexity index is 693. The van der Waals surface area contributed by atoms with Crippen molar-refractivity contribution in [3.8, 4) is 11.1 Å². The average Bonchev–Trinajstić information content (AvgIpc) is 2.91. The Morgan fingerprint density at radius 1 is 0.957 bits per heavy atom. The van der Waals surface area contributed by atoms with Gasteiger partial charge in [-0.2, -0.15) is 0 Å². The van der Waals surface area contributed by atoms with Crippen LogP contribution in [0.3, 0.4) is 0 Å². The number of carbonyl (C=O) groups excluding carboxylic acids is 2. The van der Waals surface area contributed by atoms with Gasteiger partial charge < -0.3 is 10.5 Å². The molecule has 0 spiro atoms. The van der Waals surface area contributed by atoms with Crippen molar-refractivity contribution in [2.75, 3.05) is 13.2 Å². The normalized spacial score (nSPS) is 12.6. The first-order chi connectivity index (χ1) is 11.2. The van der Waals surface area contributed by atoms with Crippen molar-refractivity contribution in [2.24, 2.45) is 5.73 Å². The van der Waals surface area contributed by atoms with E-state index in [0.717, 1.165) is 11.1 Å². The second-order valence-corrected chi connectivity index (χ2v) is 5.64. The third-order valence-corrected chi connectivity index (χ3v) is 4.18. The minimum absolute atomic E-state index is 0.0198. The summed E-state index contributed by atoms with van der Waals surface area (Å²) in [4.78, 5) is 23.5. The first-order valence-electron chi connectivity index (χ1n) is 7.80. The summed E-state index contributed by atoms with van der Waals surface area (Å²) in [5.74, 6) is -1.29. The van der Waals surface area contributed by atoms with Gasteiger partial charge in [-0.15, -0.1) is 0 Å². The minimum atomic E-state index is -0.764. The van der Waals surface area contributed by atoms with Crippen molar-refractivity contribution in [1.82, 2.24) is 0 Å². The molecule has 23 heavy (non-hydrogen) atoms. The fourth-order valence-electron chi connectivity index (χ4n) is 3.04. The molecule has 2 aromatic rings. The summed E-state index contributed by atoms with van der Waals surface area (Å²) in [5.41, 5.74) is 9.95. The molecule has 4 nitrogen and oxygen atoms in total. The number of carbonyl (C=O) groups is 2. The van der Waals surface area contributed by atoms with E-state index in [1.807, 2.05) is 36.4 Å².